The average molecular weight is 283 g/mol. The molecule has 0 amide bonds. The zero-order chi connectivity index (χ0) is 14.0. The Labute approximate surface area is 110 Å². The van der Waals surface area contributed by atoms with E-state index in [1.54, 1.807) is 17.5 Å². The summed E-state index contributed by atoms with van der Waals surface area (Å²) in [6.07, 6.45) is -0.188. The lowest BCUT2D eigenvalue weighted by molar-refractivity contribution is -0.387. The van der Waals surface area contributed by atoms with Gasteiger partial charge < -0.3 is 0 Å². The van der Waals surface area contributed by atoms with Crippen LogP contribution in [0.2, 0.25) is 0 Å². The molecule has 0 fully saturated rings. The van der Waals surface area contributed by atoms with E-state index in [0.29, 0.717) is 10.9 Å². The Bertz CT molecular complexity index is 641. The first kappa shape index (κ1) is 13.3. The highest BCUT2D eigenvalue weighted by atomic mass is 32.1. The van der Waals surface area contributed by atoms with Gasteiger partial charge in [-0.05, 0) is 17.5 Å². The number of halogens is 2. The third-order valence-corrected chi connectivity index (χ3v) is 3.34. The molecule has 0 N–H and O–H groups in total. The van der Waals surface area contributed by atoms with Crippen molar-refractivity contribution in [3.63, 3.8) is 0 Å². The van der Waals surface area contributed by atoms with Crippen molar-refractivity contribution in [1.82, 2.24) is 0 Å². The molecule has 7 heteroatoms. The van der Waals surface area contributed by atoms with E-state index in [9.17, 15) is 23.7 Å². The van der Waals surface area contributed by atoms with Crippen molar-refractivity contribution in [1.29, 1.82) is 0 Å². The van der Waals surface area contributed by atoms with Crippen molar-refractivity contribution in [3.8, 4) is 0 Å². The molecular formula is C12H7F2NO3S. The maximum atomic E-state index is 13.8. The van der Waals surface area contributed by atoms with Gasteiger partial charge in [-0.25, -0.2) is 4.39 Å². The van der Waals surface area contributed by atoms with Crippen LogP contribution in [0.4, 0.5) is 14.5 Å². The predicted molar refractivity (Wildman–Crippen MR) is 65.4 cm³/mol. The van der Waals surface area contributed by atoms with Gasteiger partial charge in [0.1, 0.15) is 5.82 Å². The predicted octanol–water partition coefficient (Wildman–Crippen LogP) is 3.36. The van der Waals surface area contributed by atoms with E-state index in [2.05, 4.69) is 0 Å². The third kappa shape index (κ3) is 2.65. The Balaban J connectivity index is 2.41. The summed E-state index contributed by atoms with van der Waals surface area (Å²) in [7, 11) is 0. The standard InChI is InChI=1S/C12H7F2NO3S/c13-8-3-4-9(15(17)18)12(14)11(8)10(16)6-7-2-1-5-19-7/h1-5H,6H2. The molecule has 0 saturated heterocycles. The highest BCUT2D eigenvalue weighted by Crippen LogP contribution is 2.24. The molecule has 2 aromatic rings. The number of ketones is 1. The van der Waals surface area contributed by atoms with Crippen LogP contribution in [0.25, 0.3) is 0 Å². The number of nitro benzene ring substituents is 1. The summed E-state index contributed by atoms with van der Waals surface area (Å²) in [5.74, 6) is -3.34. The van der Waals surface area contributed by atoms with E-state index in [1.165, 1.54) is 11.3 Å². The van der Waals surface area contributed by atoms with Gasteiger partial charge in [0.25, 0.3) is 0 Å². The molecule has 0 bridgehead atoms. The summed E-state index contributed by atoms with van der Waals surface area (Å²) in [5, 5.41) is 12.3. The van der Waals surface area contributed by atoms with Crippen molar-refractivity contribution in [2.24, 2.45) is 0 Å². The van der Waals surface area contributed by atoms with E-state index in [-0.39, 0.29) is 6.42 Å². The molecule has 0 aliphatic carbocycles. The Kier molecular flexibility index (Phi) is 3.66. The highest BCUT2D eigenvalue weighted by molar-refractivity contribution is 7.10. The summed E-state index contributed by atoms with van der Waals surface area (Å²) < 4.78 is 27.3. The Morgan fingerprint density at radius 2 is 2.05 bits per heavy atom. The van der Waals surface area contributed by atoms with E-state index in [4.69, 9.17) is 0 Å². The normalized spacial score (nSPS) is 10.4. The van der Waals surface area contributed by atoms with Crippen LogP contribution in [0.3, 0.4) is 0 Å². The second kappa shape index (κ2) is 5.23. The summed E-state index contributed by atoms with van der Waals surface area (Å²) in [6, 6.07) is 4.78. The number of nitro groups is 1. The summed E-state index contributed by atoms with van der Waals surface area (Å²) in [5.41, 5.74) is -1.77. The quantitative estimate of drug-likeness (QED) is 0.491. The third-order valence-electron chi connectivity index (χ3n) is 2.46. The van der Waals surface area contributed by atoms with Gasteiger partial charge in [-0.3, -0.25) is 14.9 Å². The maximum Gasteiger partial charge on any atom is 0.305 e. The van der Waals surface area contributed by atoms with Crippen molar-refractivity contribution in [2.45, 2.75) is 6.42 Å². The number of hydrogen-bond donors (Lipinski definition) is 0. The fourth-order valence-electron chi connectivity index (χ4n) is 1.60. The van der Waals surface area contributed by atoms with Crippen LogP contribution in [0.1, 0.15) is 15.2 Å². The average Bonchev–Trinajstić information content (AvgIpc) is 2.81. The first-order valence-electron chi connectivity index (χ1n) is 5.18. The van der Waals surface area contributed by atoms with Gasteiger partial charge in [-0.1, -0.05) is 6.07 Å². The van der Waals surface area contributed by atoms with E-state index in [1.807, 2.05) is 0 Å². The molecule has 0 aliphatic rings. The van der Waals surface area contributed by atoms with Crippen molar-refractivity contribution in [3.05, 3.63) is 61.8 Å². The number of benzene rings is 1. The first-order valence-corrected chi connectivity index (χ1v) is 6.06. The van der Waals surface area contributed by atoms with Crippen molar-refractivity contribution < 1.29 is 18.5 Å². The second-order valence-electron chi connectivity index (χ2n) is 3.69. The zero-order valence-corrected chi connectivity index (χ0v) is 10.2. The number of hydrogen-bond acceptors (Lipinski definition) is 4. The molecule has 2 rings (SSSR count). The molecule has 0 spiro atoms. The largest absolute Gasteiger partial charge is 0.305 e. The molecule has 1 aromatic carbocycles. The van der Waals surface area contributed by atoms with Crippen molar-refractivity contribution >= 4 is 22.8 Å². The van der Waals surface area contributed by atoms with Crippen LogP contribution in [0.5, 0.6) is 0 Å². The fraction of sp³-hybridized carbons (Fsp3) is 0.0833. The van der Waals surface area contributed by atoms with Gasteiger partial charge in [-0.2, -0.15) is 4.39 Å². The zero-order valence-electron chi connectivity index (χ0n) is 9.43. The smallest absolute Gasteiger partial charge is 0.294 e. The van der Waals surface area contributed by atoms with Crippen LogP contribution in [-0.4, -0.2) is 10.7 Å². The number of Topliss-reactive ketones (excluding diaryl/α,β-unsaturated/α-hetero) is 1. The lowest BCUT2D eigenvalue weighted by Gasteiger charge is -2.03. The first-order chi connectivity index (χ1) is 9.00. The van der Waals surface area contributed by atoms with Gasteiger partial charge in [0.15, 0.2) is 5.78 Å². The molecule has 0 atom stereocenters. The molecule has 0 unspecified atom stereocenters. The van der Waals surface area contributed by atoms with Crippen LogP contribution in [0.15, 0.2) is 29.6 Å². The number of nitrogens with zero attached hydrogens (tertiary/aromatic N) is 1. The van der Waals surface area contributed by atoms with Gasteiger partial charge in [-0.15, -0.1) is 11.3 Å². The molecular weight excluding hydrogens is 276 g/mol. The summed E-state index contributed by atoms with van der Waals surface area (Å²) >= 11 is 1.27. The lowest BCUT2D eigenvalue weighted by Crippen LogP contribution is -2.10. The number of carbonyl (C=O) groups is 1. The molecule has 0 aliphatic heterocycles. The van der Waals surface area contributed by atoms with Crippen LogP contribution >= 0.6 is 11.3 Å². The Morgan fingerprint density at radius 3 is 2.63 bits per heavy atom. The molecule has 1 aromatic heterocycles. The monoisotopic (exact) mass is 283 g/mol. The van der Waals surface area contributed by atoms with Crippen LogP contribution in [0, 0.1) is 21.7 Å². The molecule has 98 valence electrons. The Hall–Kier alpha value is -2.15. The summed E-state index contributed by atoms with van der Waals surface area (Å²) in [6.45, 7) is 0. The molecule has 0 radical (unpaired) electrons. The van der Waals surface area contributed by atoms with Gasteiger partial charge in [0.2, 0.25) is 5.82 Å². The minimum absolute atomic E-state index is 0.188. The topological polar surface area (TPSA) is 60.2 Å². The lowest BCUT2D eigenvalue weighted by atomic mass is 10.1. The fourth-order valence-corrected chi connectivity index (χ4v) is 2.30. The highest BCUT2D eigenvalue weighted by Gasteiger charge is 2.26. The molecule has 1 heterocycles. The summed E-state index contributed by atoms with van der Waals surface area (Å²) in [4.78, 5) is 22.0. The minimum atomic E-state index is -1.42. The molecule has 0 saturated carbocycles. The number of carbonyl (C=O) groups excluding carboxylic acids is 1. The van der Waals surface area contributed by atoms with Crippen molar-refractivity contribution in [2.75, 3.05) is 0 Å². The molecule has 4 nitrogen and oxygen atoms in total. The minimum Gasteiger partial charge on any atom is -0.294 e. The maximum absolute atomic E-state index is 13.8. The van der Waals surface area contributed by atoms with Crippen LogP contribution in [-0.2, 0) is 6.42 Å². The molecule has 19 heavy (non-hydrogen) atoms. The van der Waals surface area contributed by atoms with E-state index in [0.717, 1.165) is 6.07 Å². The van der Waals surface area contributed by atoms with E-state index < -0.39 is 33.6 Å². The number of rotatable bonds is 4. The Morgan fingerprint density at radius 1 is 1.32 bits per heavy atom. The van der Waals surface area contributed by atoms with Gasteiger partial charge >= 0.3 is 5.69 Å². The van der Waals surface area contributed by atoms with Gasteiger partial charge in [0.05, 0.1) is 10.5 Å². The van der Waals surface area contributed by atoms with Crippen LogP contribution < -0.4 is 0 Å². The SMILES string of the molecule is O=C(Cc1cccs1)c1c(F)ccc([N+](=O)[O-])c1F. The van der Waals surface area contributed by atoms with Gasteiger partial charge in [0, 0.05) is 17.4 Å². The number of thiophene rings is 1. The second-order valence-corrected chi connectivity index (χ2v) is 4.72. The van der Waals surface area contributed by atoms with E-state index >= 15 is 0 Å².